The first-order chi connectivity index (χ1) is 11.1. The zero-order chi connectivity index (χ0) is 16.4. The topological polar surface area (TPSA) is 39.1 Å². The molecule has 0 aliphatic heterocycles. The van der Waals surface area contributed by atoms with Crippen molar-refractivity contribution in [3.8, 4) is 11.4 Å². The number of benzene rings is 2. The predicted molar refractivity (Wildman–Crippen MR) is 89.5 cm³/mol. The summed E-state index contributed by atoms with van der Waals surface area (Å²) in [6, 6.07) is 13.9. The van der Waals surface area contributed by atoms with E-state index in [0.717, 1.165) is 11.4 Å². The Morgan fingerprint density at radius 2 is 2.00 bits per heavy atom. The van der Waals surface area contributed by atoms with Crippen LogP contribution in [0.4, 0.5) is 15.9 Å². The Morgan fingerprint density at radius 3 is 2.70 bits per heavy atom. The lowest BCUT2D eigenvalue weighted by Crippen LogP contribution is -2.03. The zero-order valence-electron chi connectivity index (χ0n) is 12.7. The summed E-state index contributed by atoms with van der Waals surface area (Å²) in [4.78, 5) is 0. The number of aromatic nitrogens is 2. The van der Waals surface area contributed by atoms with Crippen molar-refractivity contribution in [3.63, 3.8) is 0 Å². The fourth-order valence-corrected chi connectivity index (χ4v) is 2.47. The van der Waals surface area contributed by atoms with Crippen LogP contribution >= 0.6 is 11.6 Å². The summed E-state index contributed by atoms with van der Waals surface area (Å²) in [5, 5.41) is 8.24. The van der Waals surface area contributed by atoms with Gasteiger partial charge in [-0.1, -0.05) is 17.7 Å². The minimum atomic E-state index is -0.428. The van der Waals surface area contributed by atoms with Crippen LogP contribution in [0, 0.1) is 12.7 Å². The largest absolute Gasteiger partial charge is 0.494 e. The Morgan fingerprint density at radius 1 is 1.17 bits per heavy atom. The van der Waals surface area contributed by atoms with Gasteiger partial charge in [0, 0.05) is 22.8 Å². The average molecular weight is 332 g/mol. The summed E-state index contributed by atoms with van der Waals surface area (Å²) in [7, 11) is 1.43. The number of anilines is 2. The van der Waals surface area contributed by atoms with E-state index < -0.39 is 5.82 Å². The van der Waals surface area contributed by atoms with Crippen molar-refractivity contribution in [2.75, 3.05) is 12.4 Å². The summed E-state index contributed by atoms with van der Waals surface area (Å²) in [6.45, 7) is 1.89. The highest BCUT2D eigenvalue weighted by Gasteiger charge is 2.10. The first-order valence-electron chi connectivity index (χ1n) is 7.00. The zero-order valence-corrected chi connectivity index (χ0v) is 13.4. The standard InChI is InChI=1S/C17H15ClFN3O/c1-11-8-17(20-13-6-7-16(23-2)15(19)10-13)22(21-11)14-5-3-4-12(18)9-14/h3-10,20H,1-2H3. The second kappa shape index (κ2) is 6.30. The quantitative estimate of drug-likeness (QED) is 0.751. The normalized spacial score (nSPS) is 10.6. The lowest BCUT2D eigenvalue weighted by atomic mass is 10.3. The SMILES string of the molecule is COc1ccc(Nc2cc(C)nn2-c2cccc(Cl)c2)cc1F. The summed E-state index contributed by atoms with van der Waals surface area (Å²) in [6.07, 6.45) is 0. The van der Waals surface area contributed by atoms with Gasteiger partial charge >= 0.3 is 0 Å². The van der Waals surface area contributed by atoms with Crippen LogP contribution in [0.2, 0.25) is 5.02 Å². The molecule has 4 nitrogen and oxygen atoms in total. The maximum atomic E-state index is 13.8. The van der Waals surface area contributed by atoms with Gasteiger partial charge in [-0.25, -0.2) is 9.07 Å². The van der Waals surface area contributed by atoms with Gasteiger partial charge in [-0.2, -0.15) is 5.10 Å². The van der Waals surface area contributed by atoms with Crippen molar-refractivity contribution >= 4 is 23.1 Å². The molecule has 0 saturated heterocycles. The monoisotopic (exact) mass is 331 g/mol. The molecule has 1 aromatic heterocycles. The number of methoxy groups -OCH3 is 1. The Kier molecular flexibility index (Phi) is 4.21. The molecule has 0 spiro atoms. The Labute approximate surface area is 138 Å². The molecule has 3 aromatic rings. The van der Waals surface area contributed by atoms with E-state index in [1.807, 2.05) is 31.2 Å². The van der Waals surface area contributed by atoms with E-state index in [1.165, 1.54) is 13.2 Å². The van der Waals surface area contributed by atoms with E-state index in [-0.39, 0.29) is 5.75 Å². The van der Waals surface area contributed by atoms with Crippen molar-refractivity contribution in [1.82, 2.24) is 9.78 Å². The number of halogens is 2. The third-order valence-corrected chi connectivity index (χ3v) is 3.54. The summed E-state index contributed by atoms with van der Waals surface area (Å²) >= 11 is 6.04. The Hall–Kier alpha value is -2.53. The van der Waals surface area contributed by atoms with E-state index in [0.29, 0.717) is 16.5 Å². The second-order valence-electron chi connectivity index (χ2n) is 5.04. The molecule has 0 radical (unpaired) electrons. The first-order valence-corrected chi connectivity index (χ1v) is 7.38. The molecule has 0 aliphatic carbocycles. The van der Waals surface area contributed by atoms with Gasteiger partial charge in [-0.15, -0.1) is 0 Å². The van der Waals surface area contributed by atoms with Crippen LogP contribution in [-0.2, 0) is 0 Å². The summed E-state index contributed by atoms with van der Waals surface area (Å²) < 4.78 is 20.5. The molecule has 0 aliphatic rings. The van der Waals surface area contributed by atoms with Crippen molar-refractivity contribution in [1.29, 1.82) is 0 Å². The van der Waals surface area contributed by atoms with Crippen LogP contribution in [0.3, 0.4) is 0 Å². The molecular formula is C17H15ClFN3O. The van der Waals surface area contributed by atoms with Crippen LogP contribution in [0.25, 0.3) is 5.69 Å². The third kappa shape index (κ3) is 3.29. The second-order valence-corrected chi connectivity index (χ2v) is 5.47. The number of hydrogen-bond donors (Lipinski definition) is 1. The Bertz CT molecular complexity index is 848. The molecule has 6 heteroatoms. The van der Waals surface area contributed by atoms with Crippen LogP contribution < -0.4 is 10.1 Å². The van der Waals surface area contributed by atoms with Crippen LogP contribution in [0.5, 0.6) is 5.75 Å². The van der Waals surface area contributed by atoms with Gasteiger partial charge in [0.1, 0.15) is 5.82 Å². The van der Waals surface area contributed by atoms with E-state index in [1.54, 1.807) is 22.9 Å². The van der Waals surface area contributed by atoms with Gasteiger partial charge in [-0.05, 0) is 37.3 Å². The average Bonchev–Trinajstić information content (AvgIpc) is 2.88. The minimum absolute atomic E-state index is 0.204. The van der Waals surface area contributed by atoms with Crippen molar-refractivity contribution in [3.05, 3.63) is 65.1 Å². The number of hydrogen-bond acceptors (Lipinski definition) is 3. The molecule has 2 aromatic carbocycles. The van der Waals surface area contributed by atoms with E-state index in [4.69, 9.17) is 16.3 Å². The lowest BCUT2D eigenvalue weighted by molar-refractivity contribution is 0.386. The van der Waals surface area contributed by atoms with Crippen LogP contribution in [0.15, 0.2) is 48.5 Å². The number of ether oxygens (including phenoxy) is 1. The van der Waals surface area contributed by atoms with Gasteiger partial charge in [0.05, 0.1) is 18.5 Å². The predicted octanol–water partition coefficient (Wildman–Crippen LogP) is 4.73. The summed E-state index contributed by atoms with van der Waals surface area (Å²) in [5.74, 6) is 0.493. The van der Waals surface area contributed by atoms with Gasteiger partial charge in [0.2, 0.25) is 0 Å². The van der Waals surface area contributed by atoms with Crippen LogP contribution in [-0.4, -0.2) is 16.9 Å². The van der Waals surface area contributed by atoms with Gasteiger partial charge in [0.25, 0.3) is 0 Å². The molecule has 118 valence electrons. The Balaban J connectivity index is 1.96. The molecule has 0 amide bonds. The van der Waals surface area contributed by atoms with Gasteiger partial charge in [0.15, 0.2) is 11.6 Å². The van der Waals surface area contributed by atoms with Crippen molar-refractivity contribution < 1.29 is 9.13 Å². The number of nitrogens with zero attached hydrogens (tertiary/aromatic N) is 2. The van der Waals surface area contributed by atoms with Crippen molar-refractivity contribution in [2.45, 2.75) is 6.92 Å². The number of rotatable bonds is 4. The highest BCUT2D eigenvalue weighted by molar-refractivity contribution is 6.30. The van der Waals surface area contributed by atoms with E-state index >= 15 is 0 Å². The first kappa shape index (κ1) is 15.4. The smallest absolute Gasteiger partial charge is 0.167 e. The number of aryl methyl sites for hydroxylation is 1. The highest BCUT2D eigenvalue weighted by Crippen LogP contribution is 2.26. The molecule has 0 bridgehead atoms. The maximum Gasteiger partial charge on any atom is 0.167 e. The molecule has 0 fully saturated rings. The van der Waals surface area contributed by atoms with Gasteiger partial charge in [-0.3, -0.25) is 0 Å². The minimum Gasteiger partial charge on any atom is -0.494 e. The highest BCUT2D eigenvalue weighted by atomic mass is 35.5. The molecule has 1 heterocycles. The third-order valence-electron chi connectivity index (χ3n) is 3.31. The molecule has 0 unspecified atom stereocenters. The lowest BCUT2D eigenvalue weighted by Gasteiger charge is -2.11. The fourth-order valence-electron chi connectivity index (χ4n) is 2.29. The summed E-state index contributed by atoms with van der Waals surface area (Å²) in [5.41, 5.74) is 2.26. The fraction of sp³-hybridized carbons (Fsp3) is 0.118. The molecule has 3 rings (SSSR count). The van der Waals surface area contributed by atoms with Gasteiger partial charge < -0.3 is 10.1 Å². The van der Waals surface area contributed by atoms with E-state index in [9.17, 15) is 4.39 Å². The van der Waals surface area contributed by atoms with E-state index in [2.05, 4.69) is 10.4 Å². The molecule has 0 atom stereocenters. The van der Waals surface area contributed by atoms with Crippen LogP contribution in [0.1, 0.15) is 5.69 Å². The number of nitrogens with one attached hydrogen (secondary N) is 1. The maximum absolute atomic E-state index is 13.8. The molecular weight excluding hydrogens is 317 g/mol. The molecule has 1 N–H and O–H groups in total. The molecule has 23 heavy (non-hydrogen) atoms. The van der Waals surface area contributed by atoms with Crippen molar-refractivity contribution in [2.24, 2.45) is 0 Å². The molecule has 0 saturated carbocycles.